The molecule has 0 bridgehead atoms. The summed E-state index contributed by atoms with van der Waals surface area (Å²) in [6.45, 7) is 2.98. The molecule has 0 aromatic heterocycles. The molecule has 2 aliphatic heterocycles. The number of amidine groups is 1. The van der Waals surface area contributed by atoms with Crippen molar-refractivity contribution in [3.63, 3.8) is 0 Å². The zero-order valence-corrected chi connectivity index (χ0v) is 15.7. The van der Waals surface area contributed by atoms with Crippen LogP contribution in [0.15, 0.2) is 24.3 Å². The number of piperazine rings is 1. The number of imide groups is 1. The minimum absolute atomic E-state index is 0.0635. The molecule has 0 radical (unpaired) electrons. The van der Waals surface area contributed by atoms with Gasteiger partial charge in [-0.3, -0.25) is 24.4 Å². The predicted octanol–water partition coefficient (Wildman–Crippen LogP) is 0.485. The Labute approximate surface area is 162 Å². The normalized spacial score (nSPS) is 21.1. The van der Waals surface area contributed by atoms with Crippen LogP contribution in [0.3, 0.4) is 0 Å². The average Bonchev–Trinajstić information content (AvgIpc) is 2.70. The first-order chi connectivity index (χ1) is 13.3. The lowest BCUT2D eigenvalue weighted by atomic mass is 10.0. The second-order valence-corrected chi connectivity index (χ2v) is 6.85. The molecule has 146 valence electrons. The van der Waals surface area contributed by atoms with Crippen molar-refractivity contribution >= 4 is 23.5 Å². The summed E-state index contributed by atoms with van der Waals surface area (Å²) in [5.74, 6) is -1.10. The molecule has 28 heavy (non-hydrogen) atoms. The Balaban J connectivity index is 1.74. The van der Waals surface area contributed by atoms with Gasteiger partial charge in [0.1, 0.15) is 0 Å². The fraction of sp³-hybridized carbons (Fsp3) is 0.444. The van der Waals surface area contributed by atoms with Gasteiger partial charge in [0.05, 0.1) is 31.1 Å². The molecular formula is C18H21N6O4+. The molecule has 0 spiro atoms. The van der Waals surface area contributed by atoms with E-state index in [9.17, 15) is 25.0 Å². The van der Waals surface area contributed by atoms with Gasteiger partial charge in [0, 0.05) is 38.8 Å². The summed E-state index contributed by atoms with van der Waals surface area (Å²) < 4.78 is 1.90. The monoisotopic (exact) mass is 385 g/mol. The van der Waals surface area contributed by atoms with Crippen LogP contribution in [0, 0.1) is 27.4 Å². The molecular weight excluding hydrogens is 364 g/mol. The maximum absolute atomic E-state index is 12.3. The van der Waals surface area contributed by atoms with E-state index in [1.165, 1.54) is 18.0 Å². The van der Waals surface area contributed by atoms with E-state index in [0.29, 0.717) is 38.6 Å². The number of amides is 3. The second kappa shape index (κ2) is 7.74. The van der Waals surface area contributed by atoms with Crippen LogP contribution in [0.5, 0.6) is 0 Å². The first-order valence-corrected chi connectivity index (χ1v) is 8.86. The van der Waals surface area contributed by atoms with E-state index in [4.69, 9.17) is 0 Å². The summed E-state index contributed by atoms with van der Waals surface area (Å²) in [4.78, 5) is 39.5. The second-order valence-electron chi connectivity index (χ2n) is 6.85. The van der Waals surface area contributed by atoms with Crippen LogP contribution in [0.25, 0.3) is 0 Å². The van der Waals surface area contributed by atoms with Crippen LogP contribution in [0.4, 0.5) is 10.5 Å². The smallest absolute Gasteiger partial charge is 0.291 e. The van der Waals surface area contributed by atoms with Crippen molar-refractivity contribution in [1.82, 2.24) is 14.7 Å². The summed E-state index contributed by atoms with van der Waals surface area (Å²) in [7, 11) is 2.94. The van der Waals surface area contributed by atoms with Gasteiger partial charge in [0.2, 0.25) is 5.92 Å². The molecule has 10 heteroatoms. The maximum Gasteiger partial charge on any atom is 0.417 e. The molecule has 1 unspecified atom stereocenters. The molecule has 2 aliphatic rings. The van der Waals surface area contributed by atoms with Crippen LogP contribution in [-0.2, 0) is 11.3 Å². The lowest BCUT2D eigenvalue weighted by Crippen LogP contribution is -2.60. The highest BCUT2D eigenvalue weighted by Crippen LogP contribution is 2.18. The molecule has 3 rings (SSSR count). The number of carbonyl (C=O) groups is 2. The Bertz CT molecular complexity index is 896. The highest BCUT2D eigenvalue weighted by Gasteiger charge is 2.48. The van der Waals surface area contributed by atoms with E-state index in [0.717, 1.165) is 10.5 Å². The Morgan fingerprint density at radius 2 is 1.93 bits per heavy atom. The summed E-state index contributed by atoms with van der Waals surface area (Å²) in [5.41, 5.74) is 0.917. The molecule has 0 N–H and O–H groups in total. The van der Waals surface area contributed by atoms with Crippen molar-refractivity contribution in [3.05, 3.63) is 39.9 Å². The van der Waals surface area contributed by atoms with Gasteiger partial charge in [-0.15, -0.1) is 0 Å². The third kappa shape index (κ3) is 3.57. The first-order valence-electron chi connectivity index (χ1n) is 8.86. The van der Waals surface area contributed by atoms with Crippen molar-refractivity contribution in [2.24, 2.45) is 5.92 Å². The Hall–Kier alpha value is -3.32. The molecule has 2 heterocycles. The number of non-ortho nitro benzene ring substituents is 1. The van der Waals surface area contributed by atoms with Gasteiger partial charge in [-0.1, -0.05) is 12.1 Å². The fourth-order valence-electron chi connectivity index (χ4n) is 3.58. The number of benzene rings is 1. The maximum atomic E-state index is 12.3. The van der Waals surface area contributed by atoms with Crippen LogP contribution >= 0.6 is 0 Å². The van der Waals surface area contributed by atoms with Crippen molar-refractivity contribution in [2.45, 2.75) is 6.54 Å². The number of hydrogen-bond acceptors (Lipinski definition) is 6. The number of nitrogens with zero attached hydrogens (tertiary/aromatic N) is 6. The van der Waals surface area contributed by atoms with Crippen LogP contribution in [0.1, 0.15) is 5.56 Å². The fourth-order valence-corrected chi connectivity index (χ4v) is 3.58. The topological polar surface area (TPSA) is 114 Å². The zero-order valence-electron chi connectivity index (χ0n) is 15.7. The van der Waals surface area contributed by atoms with Gasteiger partial charge in [-0.25, -0.2) is 9.69 Å². The van der Waals surface area contributed by atoms with Gasteiger partial charge in [-0.05, 0) is 5.56 Å². The van der Waals surface area contributed by atoms with Crippen molar-refractivity contribution in [1.29, 1.82) is 5.26 Å². The molecule has 0 saturated carbocycles. The van der Waals surface area contributed by atoms with Gasteiger partial charge < -0.3 is 0 Å². The number of urea groups is 1. The molecule has 1 aromatic carbocycles. The molecule has 1 atom stereocenters. The highest BCUT2D eigenvalue weighted by molar-refractivity contribution is 6.17. The van der Waals surface area contributed by atoms with Gasteiger partial charge in [0.15, 0.2) is 0 Å². The van der Waals surface area contributed by atoms with E-state index in [1.54, 1.807) is 19.2 Å². The average molecular weight is 385 g/mol. The Morgan fingerprint density at radius 3 is 2.54 bits per heavy atom. The van der Waals surface area contributed by atoms with Gasteiger partial charge in [-0.2, -0.15) is 10.2 Å². The predicted molar refractivity (Wildman–Crippen MR) is 98.4 cm³/mol. The van der Waals surface area contributed by atoms with E-state index in [-0.39, 0.29) is 5.69 Å². The lowest BCUT2D eigenvalue weighted by molar-refractivity contribution is -0.545. The van der Waals surface area contributed by atoms with Crippen molar-refractivity contribution < 1.29 is 19.1 Å². The van der Waals surface area contributed by atoms with Crippen molar-refractivity contribution in [2.75, 3.05) is 40.3 Å². The highest BCUT2D eigenvalue weighted by atomic mass is 16.6. The number of nitriles is 1. The van der Waals surface area contributed by atoms with Crippen LogP contribution in [-0.4, -0.2) is 82.2 Å². The molecule has 0 aliphatic carbocycles. The summed E-state index contributed by atoms with van der Waals surface area (Å²) in [5, 5.41) is 20.4. The number of rotatable bonds is 3. The minimum Gasteiger partial charge on any atom is -0.291 e. The van der Waals surface area contributed by atoms with Crippen LogP contribution < -0.4 is 0 Å². The molecule has 2 saturated heterocycles. The zero-order chi connectivity index (χ0) is 20.4. The van der Waals surface area contributed by atoms with Gasteiger partial charge >= 0.3 is 6.03 Å². The van der Waals surface area contributed by atoms with E-state index in [1.807, 2.05) is 16.7 Å². The molecule has 1 aromatic rings. The minimum atomic E-state index is -1.00. The third-order valence-electron chi connectivity index (χ3n) is 5.11. The van der Waals surface area contributed by atoms with Gasteiger partial charge in [0.25, 0.3) is 17.4 Å². The Morgan fingerprint density at radius 1 is 1.25 bits per heavy atom. The number of carbonyl (C=O) groups excluding carboxylic acids is 2. The standard InChI is InChI=1S/C18H21N6O4/c1-20-16(15(11-19)17(25)21(2)18(20)26)23-8-6-22(7-9-23)12-13-4-3-5-14(10-13)24(27)28/h3-5,10,15H,6-9,12H2,1-2H3/q+1. The largest absolute Gasteiger partial charge is 0.417 e. The molecule has 10 nitrogen and oxygen atoms in total. The third-order valence-corrected chi connectivity index (χ3v) is 5.11. The first kappa shape index (κ1) is 19.4. The van der Waals surface area contributed by atoms with E-state index in [2.05, 4.69) is 4.90 Å². The molecule has 3 amide bonds. The SMILES string of the molecule is CN1C(=O)C(C#N)C(=[N+]2CCN(Cc3cccc([N+](=O)[O-])c3)CC2)N(C)C1=O. The number of hydrogen-bond donors (Lipinski definition) is 0. The Kier molecular flexibility index (Phi) is 5.37. The lowest BCUT2D eigenvalue weighted by Gasteiger charge is -2.33. The quantitative estimate of drug-likeness (QED) is 0.425. The van der Waals surface area contributed by atoms with E-state index < -0.39 is 22.8 Å². The van der Waals surface area contributed by atoms with Crippen molar-refractivity contribution in [3.8, 4) is 6.07 Å². The number of nitro groups is 1. The summed E-state index contributed by atoms with van der Waals surface area (Å²) >= 11 is 0. The summed E-state index contributed by atoms with van der Waals surface area (Å²) in [6.07, 6.45) is 0. The number of nitro benzene ring substituents is 1. The van der Waals surface area contributed by atoms with E-state index >= 15 is 0 Å². The van der Waals surface area contributed by atoms with Crippen LogP contribution in [0.2, 0.25) is 0 Å². The molecule has 2 fully saturated rings. The summed E-state index contributed by atoms with van der Waals surface area (Å²) in [6, 6.07) is 8.10.